The van der Waals surface area contributed by atoms with E-state index < -0.39 is 0 Å². The van der Waals surface area contributed by atoms with Crippen molar-refractivity contribution >= 4 is 11.0 Å². The van der Waals surface area contributed by atoms with Crippen LogP contribution in [-0.4, -0.2) is 9.55 Å². The number of unbranched alkanes of at least 4 members (excludes halogenated alkanes) is 13. The fourth-order valence-electron chi connectivity index (χ4n) is 5.21. The standard InChI is InChI=1S/C33H50N2O/c1-4-6-7-8-9-10-11-12-13-14-15-16-17-20-26-35-31-25-19-18-24-30(31)34-33(35)32(5-2)36-29-23-21-22-28(3)27-29/h18-19,21-25,27,32H,4-17,20,26H2,1-3H3. The van der Waals surface area contributed by atoms with E-state index in [-0.39, 0.29) is 6.10 Å². The third kappa shape index (κ3) is 9.30. The molecule has 1 atom stereocenters. The van der Waals surface area contributed by atoms with E-state index >= 15 is 0 Å². The fraction of sp³-hybridized carbons (Fsp3) is 0.606. The van der Waals surface area contributed by atoms with Crippen molar-refractivity contribution in [1.29, 1.82) is 0 Å². The van der Waals surface area contributed by atoms with Crippen LogP contribution in [0.5, 0.6) is 5.75 Å². The van der Waals surface area contributed by atoms with Gasteiger partial charge in [0.25, 0.3) is 0 Å². The molecule has 1 aromatic heterocycles. The zero-order valence-corrected chi connectivity index (χ0v) is 23.3. The van der Waals surface area contributed by atoms with Gasteiger partial charge in [0.05, 0.1) is 11.0 Å². The Hall–Kier alpha value is -2.29. The van der Waals surface area contributed by atoms with Crippen LogP contribution < -0.4 is 4.74 Å². The van der Waals surface area contributed by atoms with Gasteiger partial charge in [-0.05, 0) is 49.6 Å². The molecular weight excluding hydrogens is 440 g/mol. The van der Waals surface area contributed by atoms with E-state index in [0.29, 0.717) is 0 Å². The number of fused-ring (bicyclic) bond motifs is 1. The van der Waals surface area contributed by atoms with Crippen LogP contribution in [-0.2, 0) is 6.54 Å². The number of nitrogens with zero attached hydrogens (tertiary/aromatic N) is 2. The van der Waals surface area contributed by atoms with Crippen LogP contribution in [0.15, 0.2) is 48.5 Å². The Labute approximate surface area is 220 Å². The SMILES string of the molecule is CCCCCCCCCCCCCCCCn1c(C(CC)Oc2cccc(C)c2)nc2ccccc21. The summed E-state index contributed by atoms with van der Waals surface area (Å²) in [6.45, 7) is 7.61. The lowest BCUT2D eigenvalue weighted by Gasteiger charge is -2.19. The average molecular weight is 491 g/mol. The van der Waals surface area contributed by atoms with Gasteiger partial charge in [-0.2, -0.15) is 0 Å². The zero-order valence-electron chi connectivity index (χ0n) is 23.3. The largest absolute Gasteiger partial charge is 0.483 e. The Morgan fingerprint density at radius 1 is 0.722 bits per heavy atom. The van der Waals surface area contributed by atoms with Crippen LogP contribution in [0.25, 0.3) is 11.0 Å². The number of para-hydroxylation sites is 2. The molecule has 0 N–H and O–H groups in total. The lowest BCUT2D eigenvalue weighted by Crippen LogP contribution is -2.14. The maximum absolute atomic E-state index is 6.44. The van der Waals surface area contributed by atoms with E-state index in [0.717, 1.165) is 30.1 Å². The first-order valence-electron chi connectivity index (χ1n) is 14.9. The van der Waals surface area contributed by atoms with Crippen molar-refractivity contribution in [2.45, 2.75) is 130 Å². The van der Waals surface area contributed by atoms with E-state index in [9.17, 15) is 0 Å². The van der Waals surface area contributed by atoms with Gasteiger partial charge < -0.3 is 9.30 Å². The quantitative estimate of drug-likeness (QED) is 0.156. The number of aromatic nitrogens is 2. The predicted octanol–water partition coefficient (Wildman–Crippen LogP) is 10.4. The van der Waals surface area contributed by atoms with Gasteiger partial charge in [-0.25, -0.2) is 4.98 Å². The molecule has 0 aliphatic heterocycles. The van der Waals surface area contributed by atoms with Crippen LogP contribution in [0.1, 0.15) is 128 Å². The Kier molecular flexibility index (Phi) is 12.9. The monoisotopic (exact) mass is 490 g/mol. The molecule has 3 rings (SSSR count). The minimum Gasteiger partial charge on any atom is -0.483 e. The number of hydrogen-bond donors (Lipinski definition) is 0. The third-order valence-corrected chi connectivity index (χ3v) is 7.35. The van der Waals surface area contributed by atoms with Gasteiger partial charge in [-0.15, -0.1) is 0 Å². The normalized spacial score (nSPS) is 12.3. The van der Waals surface area contributed by atoms with E-state index in [2.05, 4.69) is 73.9 Å². The maximum Gasteiger partial charge on any atom is 0.156 e. The summed E-state index contributed by atoms with van der Waals surface area (Å²) < 4.78 is 8.86. The molecule has 198 valence electrons. The number of hydrogen-bond acceptors (Lipinski definition) is 2. The van der Waals surface area contributed by atoms with Crippen molar-refractivity contribution in [2.24, 2.45) is 0 Å². The maximum atomic E-state index is 6.44. The number of benzene rings is 2. The minimum atomic E-state index is -0.0363. The lowest BCUT2D eigenvalue weighted by atomic mass is 10.0. The lowest BCUT2D eigenvalue weighted by molar-refractivity contribution is 0.186. The molecule has 3 aromatic rings. The summed E-state index contributed by atoms with van der Waals surface area (Å²) in [7, 11) is 0. The molecule has 0 amide bonds. The van der Waals surface area contributed by atoms with Gasteiger partial charge >= 0.3 is 0 Å². The number of rotatable bonds is 19. The summed E-state index contributed by atoms with van der Waals surface area (Å²) >= 11 is 0. The van der Waals surface area contributed by atoms with Gasteiger partial charge in [0.1, 0.15) is 5.75 Å². The second-order valence-corrected chi connectivity index (χ2v) is 10.5. The molecule has 0 aliphatic carbocycles. The first-order valence-corrected chi connectivity index (χ1v) is 14.9. The average Bonchev–Trinajstić information content (AvgIpc) is 3.26. The second-order valence-electron chi connectivity index (χ2n) is 10.5. The molecule has 0 bridgehead atoms. The molecule has 0 fully saturated rings. The molecular formula is C33H50N2O. The number of ether oxygens (including phenoxy) is 1. The zero-order chi connectivity index (χ0) is 25.4. The van der Waals surface area contributed by atoms with E-state index in [1.165, 1.54) is 101 Å². The summed E-state index contributed by atoms with van der Waals surface area (Å²) in [5, 5.41) is 0. The van der Waals surface area contributed by atoms with Gasteiger partial charge in [-0.1, -0.05) is 122 Å². The summed E-state index contributed by atoms with van der Waals surface area (Å²) in [5.41, 5.74) is 3.52. The summed E-state index contributed by atoms with van der Waals surface area (Å²) in [4.78, 5) is 5.02. The molecule has 36 heavy (non-hydrogen) atoms. The van der Waals surface area contributed by atoms with Crippen molar-refractivity contribution in [3.05, 3.63) is 59.9 Å². The van der Waals surface area contributed by atoms with Crippen molar-refractivity contribution in [3.8, 4) is 5.75 Å². The molecule has 3 heteroatoms. The predicted molar refractivity (Wildman–Crippen MR) is 155 cm³/mol. The Morgan fingerprint density at radius 3 is 1.94 bits per heavy atom. The fourth-order valence-corrected chi connectivity index (χ4v) is 5.21. The second kappa shape index (κ2) is 16.5. The topological polar surface area (TPSA) is 27.1 Å². The minimum absolute atomic E-state index is 0.0363. The summed E-state index contributed by atoms with van der Waals surface area (Å²) in [6.07, 6.45) is 20.3. The molecule has 0 spiro atoms. The third-order valence-electron chi connectivity index (χ3n) is 7.35. The van der Waals surface area contributed by atoms with Crippen LogP contribution in [0.2, 0.25) is 0 Å². The first kappa shape index (κ1) is 28.3. The van der Waals surface area contributed by atoms with Gasteiger partial charge in [0.2, 0.25) is 0 Å². The molecule has 3 nitrogen and oxygen atoms in total. The molecule has 0 aliphatic rings. The molecule has 2 aromatic carbocycles. The highest BCUT2D eigenvalue weighted by Gasteiger charge is 2.20. The summed E-state index contributed by atoms with van der Waals surface area (Å²) in [5.74, 6) is 1.99. The van der Waals surface area contributed by atoms with Crippen LogP contribution in [0.4, 0.5) is 0 Å². The van der Waals surface area contributed by atoms with Crippen LogP contribution in [0.3, 0.4) is 0 Å². The van der Waals surface area contributed by atoms with Crippen LogP contribution in [0, 0.1) is 6.92 Å². The first-order chi connectivity index (χ1) is 17.7. The molecule has 0 radical (unpaired) electrons. The Balaban J connectivity index is 1.42. The highest BCUT2D eigenvalue weighted by atomic mass is 16.5. The van der Waals surface area contributed by atoms with Crippen molar-refractivity contribution in [3.63, 3.8) is 0 Å². The molecule has 0 saturated heterocycles. The van der Waals surface area contributed by atoms with Gasteiger partial charge in [0, 0.05) is 6.54 Å². The highest BCUT2D eigenvalue weighted by Crippen LogP contribution is 2.28. The summed E-state index contributed by atoms with van der Waals surface area (Å²) in [6, 6.07) is 16.9. The smallest absolute Gasteiger partial charge is 0.156 e. The molecule has 1 unspecified atom stereocenters. The van der Waals surface area contributed by atoms with Crippen molar-refractivity contribution < 1.29 is 4.74 Å². The number of imidazole rings is 1. The molecule has 0 saturated carbocycles. The van der Waals surface area contributed by atoms with E-state index in [1.807, 2.05) is 0 Å². The van der Waals surface area contributed by atoms with Gasteiger partial charge in [-0.3, -0.25) is 0 Å². The van der Waals surface area contributed by atoms with Crippen molar-refractivity contribution in [2.75, 3.05) is 0 Å². The Bertz CT molecular complexity index is 992. The molecule has 1 heterocycles. The van der Waals surface area contributed by atoms with Crippen LogP contribution >= 0.6 is 0 Å². The number of aryl methyl sites for hydroxylation is 2. The van der Waals surface area contributed by atoms with Crippen molar-refractivity contribution in [1.82, 2.24) is 9.55 Å². The highest BCUT2D eigenvalue weighted by molar-refractivity contribution is 5.76. The Morgan fingerprint density at radius 2 is 1.33 bits per heavy atom. The van der Waals surface area contributed by atoms with Gasteiger partial charge in [0.15, 0.2) is 11.9 Å². The van der Waals surface area contributed by atoms with E-state index in [4.69, 9.17) is 9.72 Å². The van der Waals surface area contributed by atoms with E-state index in [1.54, 1.807) is 0 Å².